The third kappa shape index (κ3) is 7.53. The zero-order valence-corrected chi connectivity index (χ0v) is 19.0. The molecule has 0 heterocycles. The normalized spacial score (nSPS) is 11.2. The van der Waals surface area contributed by atoms with Gasteiger partial charge >= 0.3 is 5.97 Å². The van der Waals surface area contributed by atoms with Crippen molar-refractivity contribution in [3.05, 3.63) is 63.6 Å². The van der Waals surface area contributed by atoms with E-state index in [1.165, 1.54) is 6.92 Å². The van der Waals surface area contributed by atoms with Crippen LogP contribution in [0.15, 0.2) is 46.9 Å². The minimum Gasteiger partial charge on any atom is -0.451 e. The molecule has 2 aromatic rings. The fraction of sp³-hybridized carbons (Fsp3) is 0.273. The molecular formula is C22H24BrN3O5. The largest absolute Gasteiger partial charge is 0.451 e. The van der Waals surface area contributed by atoms with Crippen LogP contribution >= 0.6 is 15.9 Å². The molecule has 1 atom stereocenters. The van der Waals surface area contributed by atoms with Gasteiger partial charge in [0.15, 0.2) is 6.10 Å². The average molecular weight is 490 g/mol. The smallest absolute Gasteiger partial charge is 0.326 e. The molecule has 3 amide bonds. The molecule has 0 aliphatic carbocycles. The van der Waals surface area contributed by atoms with Gasteiger partial charge in [-0.1, -0.05) is 34.1 Å². The van der Waals surface area contributed by atoms with Crippen molar-refractivity contribution in [1.82, 2.24) is 10.6 Å². The van der Waals surface area contributed by atoms with E-state index in [1.807, 2.05) is 32.0 Å². The Morgan fingerprint density at radius 3 is 2.16 bits per heavy atom. The average Bonchev–Trinajstić information content (AvgIpc) is 2.73. The molecular weight excluding hydrogens is 466 g/mol. The summed E-state index contributed by atoms with van der Waals surface area (Å²) in [4.78, 5) is 48.1. The van der Waals surface area contributed by atoms with Crippen LogP contribution in [-0.4, -0.2) is 42.9 Å². The SMILES string of the molecule is Cc1cccc(C)c1NC(=O)CNC(=O)C(C)OC(=O)CNC(=O)c1ccc(Br)cc1. The van der Waals surface area contributed by atoms with Crippen molar-refractivity contribution in [1.29, 1.82) is 0 Å². The summed E-state index contributed by atoms with van der Waals surface area (Å²) in [6.45, 7) is 4.47. The van der Waals surface area contributed by atoms with Gasteiger partial charge in [0.25, 0.3) is 11.8 Å². The van der Waals surface area contributed by atoms with Gasteiger partial charge in [-0.15, -0.1) is 0 Å². The van der Waals surface area contributed by atoms with Crippen LogP contribution in [-0.2, 0) is 19.1 Å². The number of esters is 1. The standard InChI is InChI=1S/C22H24BrN3O5/c1-13-5-4-6-14(2)20(13)26-18(27)11-24-21(29)15(3)31-19(28)12-25-22(30)16-7-9-17(23)10-8-16/h4-10,15H,11-12H2,1-3H3,(H,24,29)(H,25,30)(H,26,27). The quantitative estimate of drug-likeness (QED) is 0.492. The maximum absolute atomic E-state index is 12.1. The van der Waals surface area contributed by atoms with Crippen LogP contribution in [0.4, 0.5) is 5.69 Å². The van der Waals surface area contributed by atoms with Crippen molar-refractivity contribution >= 4 is 45.3 Å². The molecule has 0 fully saturated rings. The molecule has 0 aromatic heterocycles. The van der Waals surface area contributed by atoms with Crippen molar-refractivity contribution in [2.24, 2.45) is 0 Å². The van der Waals surface area contributed by atoms with E-state index in [0.29, 0.717) is 11.3 Å². The molecule has 0 aliphatic rings. The summed E-state index contributed by atoms with van der Waals surface area (Å²) in [6.07, 6.45) is -1.12. The summed E-state index contributed by atoms with van der Waals surface area (Å²) < 4.78 is 5.83. The highest BCUT2D eigenvalue weighted by molar-refractivity contribution is 9.10. The second-order valence-electron chi connectivity index (χ2n) is 6.85. The lowest BCUT2D eigenvalue weighted by molar-refractivity contribution is -0.153. The number of benzene rings is 2. The molecule has 8 nitrogen and oxygen atoms in total. The van der Waals surface area contributed by atoms with E-state index in [0.717, 1.165) is 15.6 Å². The third-order valence-electron chi connectivity index (χ3n) is 4.35. The first-order valence-electron chi connectivity index (χ1n) is 9.54. The van der Waals surface area contributed by atoms with E-state index in [-0.39, 0.29) is 13.1 Å². The third-order valence-corrected chi connectivity index (χ3v) is 4.87. The monoisotopic (exact) mass is 489 g/mol. The number of carbonyl (C=O) groups is 4. The summed E-state index contributed by atoms with van der Waals surface area (Å²) in [5.74, 6) is -2.23. The maximum atomic E-state index is 12.1. The molecule has 0 saturated carbocycles. The predicted octanol–water partition coefficient (Wildman–Crippen LogP) is 2.48. The second-order valence-corrected chi connectivity index (χ2v) is 7.77. The van der Waals surface area contributed by atoms with E-state index in [4.69, 9.17) is 4.74 Å². The number of rotatable bonds is 8. The number of aryl methyl sites for hydroxylation is 2. The van der Waals surface area contributed by atoms with Crippen LogP contribution in [0.3, 0.4) is 0 Å². The van der Waals surface area contributed by atoms with Crippen LogP contribution in [0.2, 0.25) is 0 Å². The highest BCUT2D eigenvalue weighted by Gasteiger charge is 2.19. The Balaban J connectivity index is 1.74. The Kier molecular flexibility index (Phi) is 8.75. The van der Waals surface area contributed by atoms with Crippen LogP contribution in [0.1, 0.15) is 28.4 Å². The van der Waals surface area contributed by atoms with Crippen LogP contribution in [0.5, 0.6) is 0 Å². The summed E-state index contributed by atoms with van der Waals surface area (Å²) >= 11 is 3.27. The Morgan fingerprint density at radius 1 is 0.935 bits per heavy atom. The van der Waals surface area contributed by atoms with Crippen molar-refractivity contribution in [2.75, 3.05) is 18.4 Å². The molecule has 3 N–H and O–H groups in total. The molecule has 2 rings (SSSR count). The van der Waals surface area contributed by atoms with E-state index in [9.17, 15) is 19.2 Å². The van der Waals surface area contributed by atoms with Gasteiger partial charge in [-0.25, -0.2) is 0 Å². The molecule has 0 spiro atoms. The van der Waals surface area contributed by atoms with Crippen LogP contribution in [0, 0.1) is 13.8 Å². The number of para-hydroxylation sites is 1. The van der Waals surface area contributed by atoms with Crippen molar-refractivity contribution in [3.8, 4) is 0 Å². The number of anilines is 1. The van der Waals surface area contributed by atoms with E-state index in [2.05, 4.69) is 31.9 Å². The fourth-order valence-corrected chi connectivity index (χ4v) is 2.92. The molecule has 0 bridgehead atoms. The molecule has 0 radical (unpaired) electrons. The summed E-state index contributed by atoms with van der Waals surface area (Å²) in [5, 5.41) is 7.60. The minimum atomic E-state index is -1.12. The number of amides is 3. The molecule has 1 unspecified atom stereocenters. The zero-order chi connectivity index (χ0) is 23.0. The van der Waals surface area contributed by atoms with Crippen molar-refractivity contribution < 1.29 is 23.9 Å². The first-order valence-corrected chi connectivity index (χ1v) is 10.3. The molecule has 0 saturated heterocycles. The van der Waals surface area contributed by atoms with Gasteiger partial charge in [0.05, 0.1) is 6.54 Å². The van der Waals surface area contributed by atoms with Crippen molar-refractivity contribution in [2.45, 2.75) is 26.9 Å². The molecule has 31 heavy (non-hydrogen) atoms. The van der Waals surface area contributed by atoms with Crippen molar-refractivity contribution in [3.63, 3.8) is 0 Å². The number of carbonyl (C=O) groups excluding carboxylic acids is 4. The van der Waals surface area contributed by atoms with Crippen LogP contribution < -0.4 is 16.0 Å². The first kappa shape index (κ1) is 24.1. The van der Waals surface area contributed by atoms with E-state index in [1.54, 1.807) is 24.3 Å². The summed E-state index contributed by atoms with van der Waals surface area (Å²) in [5.41, 5.74) is 2.90. The summed E-state index contributed by atoms with van der Waals surface area (Å²) in [7, 11) is 0. The van der Waals surface area contributed by atoms with Gasteiger partial charge in [-0.2, -0.15) is 0 Å². The Labute approximate surface area is 188 Å². The van der Waals surface area contributed by atoms with E-state index < -0.39 is 29.8 Å². The Bertz CT molecular complexity index is 955. The molecule has 164 valence electrons. The molecule has 0 aliphatic heterocycles. The fourth-order valence-electron chi connectivity index (χ4n) is 2.65. The predicted molar refractivity (Wildman–Crippen MR) is 120 cm³/mol. The summed E-state index contributed by atoms with van der Waals surface area (Å²) in [6, 6.07) is 12.2. The Hall–Kier alpha value is -3.20. The van der Waals surface area contributed by atoms with Gasteiger partial charge in [0, 0.05) is 15.7 Å². The number of ether oxygens (including phenoxy) is 1. The van der Waals surface area contributed by atoms with Gasteiger partial charge in [-0.3, -0.25) is 19.2 Å². The van der Waals surface area contributed by atoms with Gasteiger partial charge in [0.2, 0.25) is 5.91 Å². The molecule has 9 heteroatoms. The lowest BCUT2D eigenvalue weighted by Crippen LogP contribution is -2.41. The van der Waals surface area contributed by atoms with Gasteiger partial charge < -0.3 is 20.7 Å². The zero-order valence-electron chi connectivity index (χ0n) is 17.5. The van der Waals surface area contributed by atoms with Gasteiger partial charge in [0.1, 0.15) is 6.54 Å². The topological polar surface area (TPSA) is 114 Å². The van der Waals surface area contributed by atoms with E-state index >= 15 is 0 Å². The number of halogens is 1. The highest BCUT2D eigenvalue weighted by atomic mass is 79.9. The second kappa shape index (κ2) is 11.3. The first-order chi connectivity index (χ1) is 14.7. The lowest BCUT2D eigenvalue weighted by atomic mass is 10.1. The lowest BCUT2D eigenvalue weighted by Gasteiger charge is -2.15. The number of hydrogen-bond acceptors (Lipinski definition) is 5. The number of nitrogens with one attached hydrogen (secondary N) is 3. The van der Waals surface area contributed by atoms with Crippen LogP contribution in [0.25, 0.3) is 0 Å². The van der Waals surface area contributed by atoms with Gasteiger partial charge in [-0.05, 0) is 56.2 Å². The Morgan fingerprint density at radius 2 is 1.55 bits per heavy atom. The highest BCUT2D eigenvalue weighted by Crippen LogP contribution is 2.19. The minimum absolute atomic E-state index is 0.269. The molecule has 2 aromatic carbocycles. The maximum Gasteiger partial charge on any atom is 0.326 e. The number of hydrogen-bond donors (Lipinski definition) is 3.